The van der Waals surface area contributed by atoms with Gasteiger partial charge in [0.25, 0.3) is 0 Å². The molecule has 0 bridgehead atoms. The van der Waals surface area contributed by atoms with Crippen molar-refractivity contribution in [2.24, 2.45) is 0 Å². The first-order chi connectivity index (χ1) is 3.81. The van der Waals surface area contributed by atoms with E-state index in [1.165, 1.54) is 0 Å². The smallest absolute Gasteiger partial charge is 0.147 e. The summed E-state index contributed by atoms with van der Waals surface area (Å²) < 4.78 is 9.54. The van der Waals surface area contributed by atoms with Crippen molar-refractivity contribution < 1.29 is 9.47 Å². The van der Waals surface area contributed by atoms with Gasteiger partial charge in [0.05, 0.1) is 0 Å². The molecular formula is C6H11O2. The van der Waals surface area contributed by atoms with Gasteiger partial charge in [0.1, 0.15) is 12.9 Å². The third-order valence-electron chi connectivity index (χ3n) is 0.692. The fraction of sp³-hybridized carbons (Fsp3) is 0.500. The first-order valence-electron chi connectivity index (χ1n) is 2.39. The molecule has 2 nitrogen and oxygen atoms in total. The Kier molecular flexibility index (Phi) is 4.61. The Labute approximate surface area is 50.1 Å². The lowest BCUT2D eigenvalue weighted by Crippen LogP contribution is -1.98. The molecule has 0 saturated heterocycles. The molecule has 0 aliphatic carbocycles. The molecule has 0 amide bonds. The minimum atomic E-state index is 0.303. The molecule has 47 valence electrons. The highest BCUT2D eigenvalue weighted by Crippen LogP contribution is 1.98. The zero-order valence-electron chi connectivity index (χ0n) is 5.31. The van der Waals surface area contributed by atoms with Gasteiger partial charge in [-0.3, -0.25) is 0 Å². The third kappa shape index (κ3) is 3.84. The van der Waals surface area contributed by atoms with E-state index in [0.717, 1.165) is 6.10 Å². The van der Waals surface area contributed by atoms with Crippen LogP contribution in [0.25, 0.3) is 0 Å². The summed E-state index contributed by atoms with van der Waals surface area (Å²) in [5, 5.41) is 0. The summed E-state index contributed by atoms with van der Waals surface area (Å²) in [6, 6.07) is 0. The van der Waals surface area contributed by atoms with Crippen molar-refractivity contribution in [3.05, 3.63) is 18.8 Å². The van der Waals surface area contributed by atoms with E-state index in [1.807, 2.05) is 6.92 Å². The van der Waals surface area contributed by atoms with E-state index in [0.29, 0.717) is 6.79 Å². The van der Waals surface area contributed by atoms with Crippen LogP contribution in [0.15, 0.2) is 12.7 Å². The molecule has 2 heteroatoms. The van der Waals surface area contributed by atoms with Crippen molar-refractivity contribution in [2.75, 3.05) is 13.9 Å². The van der Waals surface area contributed by atoms with Crippen LogP contribution in [0.3, 0.4) is 0 Å². The lowest BCUT2D eigenvalue weighted by Gasteiger charge is -2.03. The van der Waals surface area contributed by atoms with Gasteiger partial charge in [-0.2, -0.15) is 0 Å². The van der Waals surface area contributed by atoms with Gasteiger partial charge in [0.15, 0.2) is 0 Å². The van der Waals surface area contributed by atoms with Crippen LogP contribution in [-0.4, -0.2) is 13.9 Å². The number of hydrogen-bond donors (Lipinski definition) is 0. The summed E-state index contributed by atoms with van der Waals surface area (Å²) in [5.74, 6) is 0. The Morgan fingerprint density at radius 1 is 1.75 bits per heavy atom. The second-order valence-electron chi connectivity index (χ2n) is 1.37. The largest absolute Gasteiger partial charge is 0.359 e. The van der Waals surface area contributed by atoms with Crippen molar-refractivity contribution in [2.45, 2.75) is 6.92 Å². The van der Waals surface area contributed by atoms with Gasteiger partial charge in [0.2, 0.25) is 0 Å². The van der Waals surface area contributed by atoms with Crippen LogP contribution in [0.2, 0.25) is 0 Å². The van der Waals surface area contributed by atoms with Gasteiger partial charge >= 0.3 is 0 Å². The molecule has 0 aromatic carbocycles. The van der Waals surface area contributed by atoms with Crippen molar-refractivity contribution in [3.63, 3.8) is 0 Å². The van der Waals surface area contributed by atoms with Crippen LogP contribution >= 0.6 is 0 Å². The molecular weight excluding hydrogens is 104 g/mol. The highest BCUT2D eigenvalue weighted by molar-refractivity contribution is 4.92. The van der Waals surface area contributed by atoms with Crippen molar-refractivity contribution in [1.82, 2.24) is 0 Å². The quantitative estimate of drug-likeness (QED) is 0.515. The molecule has 0 saturated carbocycles. The topological polar surface area (TPSA) is 18.5 Å². The second-order valence-corrected chi connectivity index (χ2v) is 1.37. The first-order valence-corrected chi connectivity index (χ1v) is 2.39. The van der Waals surface area contributed by atoms with Crippen LogP contribution in [0.1, 0.15) is 6.92 Å². The molecule has 0 aromatic heterocycles. The van der Waals surface area contributed by atoms with Crippen LogP contribution in [0.5, 0.6) is 0 Å². The van der Waals surface area contributed by atoms with Gasteiger partial charge in [-0.1, -0.05) is 6.08 Å². The molecule has 0 rings (SSSR count). The zero-order chi connectivity index (χ0) is 6.41. The van der Waals surface area contributed by atoms with E-state index < -0.39 is 0 Å². The Morgan fingerprint density at radius 2 is 2.38 bits per heavy atom. The molecule has 0 aliphatic heterocycles. The van der Waals surface area contributed by atoms with E-state index in [-0.39, 0.29) is 0 Å². The number of rotatable bonds is 4. The van der Waals surface area contributed by atoms with Crippen molar-refractivity contribution in [1.29, 1.82) is 0 Å². The standard InChI is InChI=1S/C6H11O2/c1-4-6(2)8-5-7-3/h4H,1,5H2,2-3H3. The van der Waals surface area contributed by atoms with Gasteiger partial charge < -0.3 is 9.47 Å². The van der Waals surface area contributed by atoms with Crippen molar-refractivity contribution >= 4 is 0 Å². The predicted molar refractivity (Wildman–Crippen MR) is 32.1 cm³/mol. The third-order valence-corrected chi connectivity index (χ3v) is 0.692. The summed E-state index contributed by atoms with van der Waals surface area (Å²) in [4.78, 5) is 0. The van der Waals surface area contributed by atoms with Gasteiger partial charge in [-0.05, 0) is 6.92 Å². The normalized spacial score (nSPS) is 9.88. The van der Waals surface area contributed by atoms with Crippen LogP contribution < -0.4 is 0 Å². The van der Waals surface area contributed by atoms with E-state index >= 15 is 0 Å². The zero-order valence-corrected chi connectivity index (χ0v) is 5.31. The maximum absolute atomic E-state index is 4.92. The Balaban J connectivity index is 2.98. The minimum absolute atomic E-state index is 0.303. The first kappa shape index (κ1) is 7.66. The van der Waals surface area contributed by atoms with Gasteiger partial charge in [0, 0.05) is 7.11 Å². The second kappa shape index (κ2) is 4.81. The summed E-state index contributed by atoms with van der Waals surface area (Å²) >= 11 is 0. The number of hydrogen-bond acceptors (Lipinski definition) is 2. The minimum Gasteiger partial charge on any atom is -0.359 e. The molecule has 0 unspecified atom stereocenters. The summed E-state index contributed by atoms with van der Waals surface area (Å²) in [6.07, 6.45) is 2.42. The summed E-state index contributed by atoms with van der Waals surface area (Å²) in [7, 11) is 1.58. The van der Waals surface area contributed by atoms with E-state index in [2.05, 4.69) is 11.3 Å². The average Bonchev–Trinajstić information content (AvgIpc) is 1.83. The van der Waals surface area contributed by atoms with Crippen molar-refractivity contribution in [3.8, 4) is 0 Å². The summed E-state index contributed by atoms with van der Waals surface area (Å²) in [6.45, 7) is 5.62. The van der Waals surface area contributed by atoms with Crippen LogP contribution in [-0.2, 0) is 9.47 Å². The number of ether oxygens (including phenoxy) is 2. The van der Waals surface area contributed by atoms with Crippen LogP contribution in [0.4, 0.5) is 0 Å². The fourth-order valence-corrected chi connectivity index (χ4v) is 0.211. The number of methoxy groups -OCH3 is 1. The van der Waals surface area contributed by atoms with E-state index in [4.69, 9.17) is 4.74 Å². The molecule has 0 fully saturated rings. The molecule has 0 aromatic rings. The van der Waals surface area contributed by atoms with Gasteiger partial charge in [-0.15, -0.1) is 6.58 Å². The molecule has 0 heterocycles. The molecule has 0 atom stereocenters. The summed E-state index contributed by atoms with van der Waals surface area (Å²) in [5.41, 5.74) is 0. The highest BCUT2D eigenvalue weighted by Gasteiger charge is 1.92. The Morgan fingerprint density at radius 3 is 2.75 bits per heavy atom. The molecule has 1 radical (unpaired) electrons. The maximum Gasteiger partial charge on any atom is 0.147 e. The average molecular weight is 115 g/mol. The maximum atomic E-state index is 4.92. The molecule has 0 aliphatic rings. The fourth-order valence-electron chi connectivity index (χ4n) is 0.211. The predicted octanol–water partition coefficient (Wildman–Crippen LogP) is 1.34. The highest BCUT2D eigenvalue weighted by atomic mass is 16.7. The van der Waals surface area contributed by atoms with Gasteiger partial charge in [-0.25, -0.2) is 0 Å². The monoisotopic (exact) mass is 115 g/mol. The van der Waals surface area contributed by atoms with E-state index in [1.54, 1.807) is 13.2 Å². The Hall–Kier alpha value is -0.340. The molecule has 8 heavy (non-hydrogen) atoms. The Bertz CT molecular complexity index is 61.5. The molecule has 0 N–H and O–H groups in total. The van der Waals surface area contributed by atoms with E-state index in [9.17, 15) is 0 Å². The van der Waals surface area contributed by atoms with Crippen LogP contribution in [0, 0.1) is 6.10 Å². The SMILES string of the molecule is C=C[C](C)OCOC. The lowest BCUT2D eigenvalue weighted by atomic mass is 10.4. The lowest BCUT2D eigenvalue weighted by molar-refractivity contribution is -0.0130. The molecule has 0 spiro atoms.